The standard InChI is InChI=1S/C15H26ClN3/c1-3-14(4-2)19-9-8-13(18-19)11-17-15-7-5-6-12(15)10-16/h8-9,12,14-15,17H,3-7,10-11H2,1-2H3. The number of nitrogens with zero attached hydrogens (tertiary/aromatic N) is 2. The zero-order valence-corrected chi connectivity index (χ0v) is 12.9. The van der Waals surface area contributed by atoms with Crippen molar-refractivity contribution >= 4 is 11.6 Å². The fourth-order valence-corrected chi connectivity index (χ4v) is 3.43. The zero-order valence-electron chi connectivity index (χ0n) is 12.1. The van der Waals surface area contributed by atoms with Gasteiger partial charge in [0.2, 0.25) is 0 Å². The molecule has 1 aliphatic carbocycles. The SMILES string of the molecule is CCC(CC)n1ccc(CNC2CCCC2CCl)n1. The molecule has 0 aromatic carbocycles. The van der Waals surface area contributed by atoms with E-state index in [-0.39, 0.29) is 0 Å². The maximum absolute atomic E-state index is 6.01. The minimum atomic E-state index is 0.538. The normalized spacial score (nSPS) is 23.4. The summed E-state index contributed by atoms with van der Waals surface area (Å²) in [6.07, 6.45) is 8.22. The summed E-state index contributed by atoms with van der Waals surface area (Å²) in [6, 6.07) is 3.25. The molecule has 0 radical (unpaired) electrons. The Morgan fingerprint density at radius 3 is 2.89 bits per heavy atom. The molecular weight excluding hydrogens is 258 g/mol. The van der Waals surface area contributed by atoms with Gasteiger partial charge in [0.25, 0.3) is 0 Å². The molecule has 1 N–H and O–H groups in total. The van der Waals surface area contributed by atoms with E-state index in [9.17, 15) is 0 Å². The fraction of sp³-hybridized carbons (Fsp3) is 0.800. The quantitative estimate of drug-likeness (QED) is 0.773. The van der Waals surface area contributed by atoms with E-state index in [1.807, 2.05) is 0 Å². The van der Waals surface area contributed by atoms with Crippen molar-refractivity contribution < 1.29 is 0 Å². The number of aromatic nitrogens is 2. The van der Waals surface area contributed by atoms with Crippen LogP contribution in [0.4, 0.5) is 0 Å². The number of rotatable bonds is 7. The second-order valence-corrected chi connectivity index (χ2v) is 5.90. The number of nitrogens with one attached hydrogen (secondary N) is 1. The maximum atomic E-state index is 6.01. The van der Waals surface area contributed by atoms with Crippen molar-refractivity contribution in [3.63, 3.8) is 0 Å². The lowest BCUT2D eigenvalue weighted by molar-refractivity contribution is 0.409. The van der Waals surface area contributed by atoms with Crippen LogP contribution in [0.3, 0.4) is 0 Å². The van der Waals surface area contributed by atoms with Gasteiger partial charge in [-0.2, -0.15) is 5.10 Å². The van der Waals surface area contributed by atoms with Crippen molar-refractivity contribution in [3.05, 3.63) is 18.0 Å². The van der Waals surface area contributed by atoms with Crippen molar-refractivity contribution in [2.45, 2.75) is 64.6 Å². The second-order valence-electron chi connectivity index (χ2n) is 5.59. The molecule has 0 bridgehead atoms. The highest BCUT2D eigenvalue weighted by atomic mass is 35.5. The summed E-state index contributed by atoms with van der Waals surface area (Å²) in [5, 5.41) is 8.31. The molecule has 1 aliphatic rings. The Kier molecular flexibility index (Phi) is 5.71. The van der Waals surface area contributed by atoms with E-state index >= 15 is 0 Å². The van der Waals surface area contributed by atoms with Crippen molar-refractivity contribution in [1.82, 2.24) is 15.1 Å². The topological polar surface area (TPSA) is 29.9 Å². The first-order chi connectivity index (χ1) is 9.28. The lowest BCUT2D eigenvalue weighted by Crippen LogP contribution is -2.32. The molecule has 4 heteroatoms. The third kappa shape index (κ3) is 3.73. The van der Waals surface area contributed by atoms with Crippen LogP contribution in [0.2, 0.25) is 0 Å². The lowest BCUT2D eigenvalue weighted by atomic mass is 10.1. The van der Waals surface area contributed by atoms with E-state index in [0.717, 1.165) is 31.0 Å². The van der Waals surface area contributed by atoms with E-state index < -0.39 is 0 Å². The van der Waals surface area contributed by atoms with Crippen molar-refractivity contribution in [1.29, 1.82) is 0 Å². The molecule has 3 nitrogen and oxygen atoms in total. The average molecular weight is 284 g/mol. The molecule has 0 aliphatic heterocycles. The van der Waals surface area contributed by atoms with Gasteiger partial charge in [0.15, 0.2) is 0 Å². The Bertz CT molecular complexity index is 373. The molecular formula is C15H26ClN3. The minimum Gasteiger partial charge on any atom is -0.308 e. The molecule has 108 valence electrons. The molecule has 2 atom stereocenters. The van der Waals surface area contributed by atoms with Gasteiger partial charge in [-0.1, -0.05) is 20.3 Å². The predicted octanol–water partition coefficient (Wildman–Crippen LogP) is 3.74. The largest absolute Gasteiger partial charge is 0.308 e. The van der Waals surface area contributed by atoms with Crippen LogP contribution in [0.25, 0.3) is 0 Å². The zero-order chi connectivity index (χ0) is 13.7. The van der Waals surface area contributed by atoms with Crippen LogP contribution in [-0.2, 0) is 6.54 Å². The first-order valence-corrected chi connectivity index (χ1v) is 8.15. The Hall–Kier alpha value is -0.540. The number of halogens is 1. The van der Waals surface area contributed by atoms with E-state index in [0.29, 0.717) is 18.0 Å². The van der Waals surface area contributed by atoms with Crippen LogP contribution < -0.4 is 5.32 Å². The number of hydrogen-bond donors (Lipinski definition) is 1. The van der Waals surface area contributed by atoms with Crippen LogP contribution in [0.5, 0.6) is 0 Å². The summed E-state index contributed by atoms with van der Waals surface area (Å²) < 4.78 is 2.12. The Balaban J connectivity index is 1.86. The van der Waals surface area contributed by atoms with Crippen LogP contribution >= 0.6 is 11.6 Å². The molecule has 0 amide bonds. The molecule has 2 unspecified atom stereocenters. The average Bonchev–Trinajstić information content (AvgIpc) is 3.06. The predicted molar refractivity (Wildman–Crippen MR) is 80.5 cm³/mol. The van der Waals surface area contributed by atoms with Gasteiger partial charge in [-0.15, -0.1) is 11.6 Å². The summed E-state index contributed by atoms with van der Waals surface area (Å²) >= 11 is 6.01. The first kappa shape index (κ1) is 14.9. The molecule has 2 rings (SSSR count). The van der Waals surface area contributed by atoms with Crippen LogP contribution in [0.1, 0.15) is 57.7 Å². The lowest BCUT2D eigenvalue weighted by Gasteiger charge is -2.18. The van der Waals surface area contributed by atoms with Crippen molar-refractivity contribution in [2.24, 2.45) is 5.92 Å². The van der Waals surface area contributed by atoms with E-state index in [4.69, 9.17) is 11.6 Å². The van der Waals surface area contributed by atoms with E-state index in [1.54, 1.807) is 0 Å². The molecule has 1 heterocycles. The van der Waals surface area contributed by atoms with Crippen molar-refractivity contribution in [3.8, 4) is 0 Å². The third-order valence-corrected chi connectivity index (χ3v) is 4.78. The number of alkyl halides is 1. The van der Waals surface area contributed by atoms with Gasteiger partial charge in [-0.05, 0) is 37.7 Å². The van der Waals surface area contributed by atoms with Gasteiger partial charge < -0.3 is 5.32 Å². The maximum Gasteiger partial charge on any atom is 0.0762 e. The van der Waals surface area contributed by atoms with Crippen LogP contribution in [-0.4, -0.2) is 21.7 Å². The van der Waals surface area contributed by atoms with Gasteiger partial charge >= 0.3 is 0 Å². The first-order valence-electron chi connectivity index (χ1n) is 7.61. The second kappa shape index (κ2) is 7.30. The smallest absolute Gasteiger partial charge is 0.0762 e. The number of hydrogen-bond acceptors (Lipinski definition) is 2. The summed E-state index contributed by atoms with van der Waals surface area (Å²) in [5.74, 6) is 1.42. The fourth-order valence-electron chi connectivity index (χ4n) is 3.06. The van der Waals surface area contributed by atoms with E-state index in [2.05, 4.69) is 41.2 Å². The van der Waals surface area contributed by atoms with Crippen molar-refractivity contribution in [2.75, 3.05) is 5.88 Å². The summed E-state index contributed by atoms with van der Waals surface area (Å²) in [5.41, 5.74) is 1.15. The summed E-state index contributed by atoms with van der Waals surface area (Å²) in [6.45, 7) is 5.31. The van der Waals surface area contributed by atoms with Gasteiger partial charge in [0.05, 0.1) is 11.7 Å². The Labute approximate surface area is 121 Å². The molecule has 1 saturated carbocycles. The van der Waals surface area contributed by atoms with Crippen LogP contribution in [0.15, 0.2) is 12.3 Å². The van der Waals surface area contributed by atoms with Gasteiger partial charge in [-0.3, -0.25) is 4.68 Å². The van der Waals surface area contributed by atoms with Gasteiger partial charge in [0, 0.05) is 24.7 Å². The van der Waals surface area contributed by atoms with E-state index in [1.165, 1.54) is 19.3 Å². The minimum absolute atomic E-state index is 0.538. The third-order valence-electron chi connectivity index (χ3n) is 4.38. The molecule has 1 aromatic rings. The Morgan fingerprint density at radius 1 is 1.42 bits per heavy atom. The van der Waals surface area contributed by atoms with Crippen LogP contribution in [0, 0.1) is 5.92 Å². The Morgan fingerprint density at radius 2 is 2.21 bits per heavy atom. The summed E-state index contributed by atoms with van der Waals surface area (Å²) in [7, 11) is 0. The monoisotopic (exact) mass is 283 g/mol. The van der Waals surface area contributed by atoms with Gasteiger partial charge in [-0.25, -0.2) is 0 Å². The highest BCUT2D eigenvalue weighted by Gasteiger charge is 2.25. The molecule has 0 saturated heterocycles. The molecule has 0 spiro atoms. The molecule has 19 heavy (non-hydrogen) atoms. The highest BCUT2D eigenvalue weighted by Crippen LogP contribution is 2.26. The molecule has 1 fully saturated rings. The van der Waals surface area contributed by atoms with Gasteiger partial charge in [0.1, 0.15) is 0 Å². The summed E-state index contributed by atoms with van der Waals surface area (Å²) in [4.78, 5) is 0. The molecule has 1 aromatic heterocycles. The highest BCUT2D eigenvalue weighted by molar-refractivity contribution is 6.18.